The van der Waals surface area contributed by atoms with Crippen molar-refractivity contribution in [2.75, 3.05) is 13.2 Å². The fourth-order valence-electron chi connectivity index (χ4n) is 1.55. The van der Waals surface area contributed by atoms with Crippen molar-refractivity contribution in [2.45, 2.75) is 47.0 Å². The number of hydrogen-bond donors (Lipinski definition) is 0. The molecule has 0 fully saturated rings. The third-order valence-electron chi connectivity index (χ3n) is 2.26. The van der Waals surface area contributed by atoms with Crippen LogP contribution in [0.15, 0.2) is 0 Å². The van der Waals surface area contributed by atoms with Crippen LogP contribution in [0.4, 0.5) is 0 Å². The lowest BCUT2D eigenvalue weighted by Crippen LogP contribution is -2.07. The van der Waals surface area contributed by atoms with Crippen molar-refractivity contribution in [3.8, 4) is 0 Å². The molecule has 1 atom stereocenters. The highest BCUT2D eigenvalue weighted by Crippen LogP contribution is 2.18. The molecule has 0 aromatic carbocycles. The Balaban J connectivity index is 3.39. The van der Waals surface area contributed by atoms with E-state index < -0.39 is 0 Å². The smallest absolute Gasteiger partial charge is 0.0468 e. The molecule has 1 heteroatoms. The Hall–Kier alpha value is -0.0400. The highest BCUT2D eigenvalue weighted by molar-refractivity contribution is 4.59. The lowest BCUT2D eigenvalue weighted by Gasteiger charge is -2.16. The van der Waals surface area contributed by atoms with Gasteiger partial charge < -0.3 is 4.74 Å². The molecule has 0 saturated heterocycles. The second kappa shape index (κ2) is 7.60. The van der Waals surface area contributed by atoms with Crippen LogP contribution in [0, 0.1) is 11.8 Å². The highest BCUT2D eigenvalue weighted by Gasteiger charge is 2.07. The topological polar surface area (TPSA) is 9.23 Å². The van der Waals surface area contributed by atoms with E-state index in [1.807, 2.05) is 0 Å². The van der Waals surface area contributed by atoms with Crippen LogP contribution in [0.1, 0.15) is 47.0 Å². The van der Waals surface area contributed by atoms with Gasteiger partial charge in [-0.05, 0) is 31.6 Å². The summed E-state index contributed by atoms with van der Waals surface area (Å²) in [6, 6.07) is 0. The van der Waals surface area contributed by atoms with Gasteiger partial charge in [0.2, 0.25) is 0 Å². The minimum absolute atomic E-state index is 0.830. The molecule has 0 heterocycles. The molecule has 0 N–H and O–H groups in total. The van der Waals surface area contributed by atoms with Crippen LogP contribution in [0.2, 0.25) is 0 Å². The normalized spacial score (nSPS) is 13.8. The fraction of sp³-hybridized carbons (Fsp3) is 1.00. The summed E-state index contributed by atoms with van der Waals surface area (Å²) in [6.45, 7) is 10.7. The molecule has 0 radical (unpaired) electrons. The van der Waals surface area contributed by atoms with Crippen molar-refractivity contribution in [3.63, 3.8) is 0 Å². The minimum atomic E-state index is 0.830. The van der Waals surface area contributed by atoms with E-state index in [4.69, 9.17) is 4.74 Å². The molecule has 0 saturated carbocycles. The summed E-state index contributed by atoms with van der Waals surface area (Å²) in [5.74, 6) is 1.70. The molecule has 12 heavy (non-hydrogen) atoms. The van der Waals surface area contributed by atoms with Gasteiger partial charge in [-0.3, -0.25) is 0 Å². The van der Waals surface area contributed by atoms with Crippen molar-refractivity contribution in [3.05, 3.63) is 0 Å². The maximum atomic E-state index is 5.35. The van der Waals surface area contributed by atoms with Crippen molar-refractivity contribution < 1.29 is 4.74 Å². The van der Waals surface area contributed by atoms with Crippen LogP contribution >= 0.6 is 0 Å². The summed E-state index contributed by atoms with van der Waals surface area (Å²) in [6.07, 6.45) is 3.89. The SMILES string of the molecule is CCOCC[C@@H](CC)CC(C)C. The highest BCUT2D eigenvalue weighted by atomic mass is 16.5. The first-order chi connectivity index (χ1) is 5.70. The van der Waals surface area contributed by atoms with Crippen molar-refractivity contribution >= 4 is 0 Å². The maximum absolute atomic E-state index is 5.35. The van der Waals surface area contributed by atoms with Gasteiger partial charge in [0.15, 0.2) is 0 Å². The summed E-state index contributed by atoms with van der Waals surface area (Å²) in [4.78, 5) is 0. The van der Waals surface area contributed by atoms with E-state index in [-0.39, 0.29) is 0 Å². The summed E-state index contributed by atoms with van der Waals surface area (Å²) in [5, 5.41) is 0. The number of hydrogen-bond acceptors (Lipinski definition) is 1. The predicted octanol–water partition coefficient (Wildman–Crippen LogP) is 3.49. The van der Waals surface area contributed by atoms with E-state index in [1.165, 1.54) is 19.3 Å². The van der Waals surface area contributed by atoms with Crippen LogP contribution in [0.5, 0.6) is 0 Å². The van der Waals surface area contributed by atoms with Gasteiger partial charge in [0.25, 0.3) is 0 Å². The zero-order chi connectivity index (χ0) is 9.40. The number of ether oxygens (including phenoxy) is 1. The van der Waals surface area contributed by atoms with E-state index >= 15 is 0 Å². The van der Waals surface area contributed by atoms with E-state index in [1.54, 1.807) is 0 Å². The van der Waals surface area contributed by atoms with Crippen LogP contribution < -0.4 is 0 Å². The van der Waals surface area contributed by atoms with Gasteiger partial charge in [-0.2, -0.15) is 0 Å². The van der Waals surface area contributed by atoms with Crippen molar-refractivity contribution in [1.29, 1.82) is 0 Å². The maximum Gasteiger partial charge on any atom is 0.0468 e. The third-order valence-corrected chi connectivity index (χ3v) is 2.26. The molecular weight excluding hydrogens is 148 g/mol. The van der Waals surface area contributed by atoms with E-state index in [9.17, 15) is 0 Å². The van der Waals surface area contributed by atoms with Gasteiger partial charge in [0, 0.05) is 13.2 Å². The average molecular weight is 172 g/mol. The lowest BCUT2D eigenvalue weighted by atomic mass is 9.92. The standard InChI is InChI=1S/C11H24O/c1-5-11(9-10(3)4)7-8-12-6-2/h10-11H,5-9H2,1-4H3/t11-/m1/s1. The Morgan fingerprint density at radius 3 is 2.25 bits per heavy atom. The van der Waals surface area contributed by atoms with Gasteiger partial charge in [0.1, 0.15) is 0 Å². The van der Waals surface area contributed by atoms with Crippen LogP contribution in [0.25, 0.3) is 0 Å². The lowest BCUT2D eigenvalue weighted by molar-refractivity contribution is 0.127. The zero-order valence-corrected chi connectivity index (χ0v) is 9.10. The zero-order valence-electron chi connectivity index (χ0n) is 9.10. The summed E-state index contributed by atoms with van der Waals surface area (Å²) in [5.41, 5.74) is 0. The Bertz CT molecular complexity index is 89.0. The van der Waals surface area contributed by atoms with Gasteiger partial charge in [-0.25, -0.2) is 0 Å². The first kappa shape index (κ1) is 12.0. The Kier molecular flexibility index (Phi) is 7.58. The molecule has 1 nitrogen and oxygen atoms in total. The molecule has 0 aliphatic carbocycles. The van der Waals surface area contributed by atoms with Gasteiger partial charge in [-0.1, -0.05) is 27.2 Å². The average Bonchev–Trinajstić information content (AvgIpc) is 2.02. The fourth-order valence-corrected chi connectivity index (χ4v) is 1.55. The van der Waals surface area contributed by atoms with E-state index in [0.717, 1.165) is 25.0 Å². The quantitative estimate of drug-likeness (QED) is 0.534. The molecular formula is C11H24O. The Morgan fingerprint density at radius 1 is 1.17 bits per heavy atom. The van der Waals surface area contributed by atoms with Gasteiger partial charge in [-0.15, -0.1) is 0 Å². The summed E-state index contributed by atoms with van der Waals surface area (Å²) < 4.78 is 5.35. The molecule has 0 aliphatic heterocycles. The molecule has 0 rings (SSSR count). The van der Waals surface area contributed by atoms with Crippen LogP contribution in [0.3, 0.4) is 0 Å². The second-order valence-electron chi connectivity index (χ2n) is 3.89. The molecule has 0 unspecified atom stereocenters. The molecule has 0 aromatic rings. The largest absolute Gasteiger partial charge is 0.382 e. The van der Waals surface area contributed by atoms with E-state index in [2.05, 4.69) is 27.7 Å². The van der Waals surface area contributed by atoms with Crippen LogP contribution in [-0.2, 0) is 4.74 Å². The Morgan fingerprint density at radius 2 is 1.83 bits per heavy atom. The third kappa shape index (κ3) is 6.66. The molecule has 0 bridgehead atoms. The molecule has 0 amide bonds. The summed E-state index contributed by atoms with van der Waals surface area (Å²) >= 11 is 0. The first-order valence-corrected chi connectivity index (χ1v) is 5.28. The van der Waals surface area contributed by atoms with Crippen molar-refractivity contribution in [1.82, 2.24) is 0 Å². The number of rotatable bonds is 7. The predicted molar refractivity (Wildman–Crippen MR) is 54.3 cm³/mol. The van der Waals surface area contributed by atoms with Gasteiger partial charge in [0.05, 0.1) is 0 Å². The minimum Gasteiger partial charge on any atom is -0.382 e. The molecule has 0 spiro atoms. The van der Waals surface area contributed by atoms with Crippen LogP contribution in [-0.4, -0.2) is 13.2 Å². The Labute approximate surface area is 77.5 Å². The summed E-state index contributed by atoms with van der Waals surface area (Å²) in [7, 11) is 0. The monoisotopic (exact) mass is 172 g/mol. The molecule has 74 valence electrons. The first-order valence-electron chi connectivity index (χ1n) is 5.28. The molecule has 0 aliphatic rings. The van der Waals surface area contributed by atoms with Gasteiger partial charge >= 0.3 is 0 Å². The molecule has 0 aromatic heterocycles. The van der Waals surface area contributed by atoms with E-state index in [0.29, 0.717) is 0 Å². The second-order valence-corrected chi connectivity index (χ2v) is 3.89. The van der Waals surface area contributed by atoms with Crippen molar-refractivity contribution in [2.24, 2.45) is 11.8 Å².